The summed E-state index contributed by atoms with van der Waals surface area (Å²) in [5.41, 5.74) is 4.95. The van der Waals surface area contributed by atoms with Gasteiger partial charge in [-0.2, -0.15) is 0 Å². The maximum Gasteiger partial charge on any atom is 0.349 e. The SMILES string of the molecule is CC(=O)Oc1ccccc1C(=O)NCC(O)CO.CC(=O)Oc1ccccc1C(=O)OC(=O)C(C)(C)C.CC/C=C\CC(=O)Cl.CC/C=C\CC(=O)OCC(CNC(=O)c1ccccc1OC(C)=O)OC(=O)C/C=C\CC.CC1(C)OCC(CN)O1.F.I.N. The molecule has 0 aliphatic carbocycles. The first-order chi connectivity index (χ1) is 40.5. The second-order valence-corrected chi connectivity index (χ2v) is 20.0. The van der Waals surface area contributed by atoms with E-state index in [4.69, 9.17) is 65.4 Å². The van der Waals surface area contributed by atoms with E-state index in [2.05, 4.69) is 10.6 Å². The zero-order valence-corrected chi connectivity index (χ0v) is 55.4. The van der Waals surface area contributed by atoms with Crippen LogP contribution in [0.4, 0.5) is 4.70 Å². The maximum absolute atomic E-state index is 12.6. The fourth-order valence-corrected chi connectivity index (χ4v) is 6.26. The number of rotatable bonds is 24. The smallest absolute Gasteiger partial charge is 0.349 e. The highest BCUT2D eigenvalue weighted by molar-refractivity contribution is 14.0. The van der Waals surface area contributed by atoms with E-state index in [-0.39, 0.29) is 113 Å². The molecule has 3 aromatic carbocycles. The second kappa shape index (κ2) is 49.6. The highest BCUT2D eigenvalue weighted by atomic mass is 127. The molecule has 1 saturated heterocycles. The van der Waals surface area contributed by atoms with Crippen LogP contribution >= 0.6 is 35.6 Å². The molecule has 24 nitrogen and oxygen atoms in total. The number of aliphatic hydroxyl groups excluding tert-OH is 2. The van der Waals surface area contributed by atoms with E-state index in [1.807, 2.05) is 52.8 Å². The Bertz CT molecular complexity index is 2750. The molecule has 498 valence electrons. The van der Waals surface area contributed by atoms with Crippen molar-refractivity contribution in [1.29, 1.82) is 0 Å². The average Bonchev–Trinajstić information content (AvgIpc) is 3.95. The third kappa shape index (κ3) is 42.3. The fraction of sp³-hybridized carbons (Fsp3) is 0.452. The van der Waals surface area contributed by atoms with E-state index in [1.54, 1.807) is 75.4 Å². The third-order valence-electron chi connectivity index (χ3n) is 10.2. The van der Waals surface area contributed by atoms with Crippen molar-refractivity contribution in [2.75, 3.05) is 39.5 Å². The standard InChI is InChI=1S/C24H31NO7.C14H16O5.C12H15NO5.C6H9ClO.C6H13NO2.FH.HI.H3N/c1-4-6-8-14-22(27)30-17-19(32-23(28)15-9-7-5-2)16-25-24(29)20-12-10-11-13-21(20)31-18(3)26;1-9(15)18-11-8-6-5-7-10(11)12(16)19-13(17)14(2,3)4;1-8(15)18-11-5-3-2-4-10(11)12(17)13-6-9(16)7-14;1-2-3-4-5-6(7)8;1-6(2)8-4-5(3-7)9-6;;;/h6-13,19H,4-5,14-17H2,1-3H3,(H,25,29);5-8H,1-4H3;2-5,9,14,16H,6-7H2,1H3,(H,13,17);3-4H,2,5H2,1H3;5H,3-4,7H2,1-2H3;2*1H;1H3/b8-6-,9-7-;;;4-3-;;;;. The molecule has 0 saturated carbocycles. The van der Waals surface area contributed by atoms with Crippen molar-refractivity contribution < 1.29 is 101 Å². The molecule has 1 aliphatic heterocycles. The van der Waals surface area contributed by atoms with Crippen LogP contribution in [0.3, 0.4) is 0 Å². The number of nitrogens with two attached hydrogens (primary N) is 1. The van der Waals surface area contributed by atoms with Crippen LogP contribution in [0.2, 0.25) is 0 Å². The first-order valence-electron chi connectivity index (χ1n) is 27.5. The number of hydrogen-bond donors (Lipinski definition) is 6. The van der Waals surface area contributed by atoms with Crippen molar-refractivity contribution in [2.45, 2.75) is 139 Å². The number of carbonyl (C=O) groups is 10. The number of allylic oxidation sites excluding steroid dienone is 4. The van der Waals surface area contributed by atoms with Crippen LogP contribution in [-0.2, 0) is 57.2 Å². The lowest BCUT2D eigenvalue weighted by molar-refractivity contribution is -0.157. The lowest BCUT2D eigenvalue weighted by Gasteiger charge is -2.18. The van der Waals surface area contributed by atoms with Crippen molar-refractivity contribution in [3.05, 3.63) is 126 Å². The number of benzene rings is 3. The molecule has 1 aliphatic rings. The van der Waals surface area contributed by atoms with Crippen molar-refractivity contribution >= 4 is 94.4 Å². The fourth-order valence-electron chi connectivity index (χ4n) is 6.17. The highest BCUT2D eigenvalue weighted by Gasteiger charge is 2.31. The predicted octanol–water partition coefficient (Wildman–Crippen LogP) is 8.68. The van der Waals surface area contributed by atoms with Crippen molar-refractivity contribution in [3.63, 3.8) is 0 Å². The minimum absolute atomic E-state index is 0. The van der Waals surface area contributed by atoms with Crippen molar-refractivity contribution in [2.24, 2.45) is 11.1 Å². The van der Waals surface area contributed by atoms with Gasteiger partial charge in [0.1, 0.15) is 29.4 Å². The Labute approximate surface area is 541 Å². The van der Waals surface area contributed by atoms with Gasteiger partial charge in [-0.25, -0.2) is 4.79 Å². The normalized spacial score (nSPS) is 13.2. The van der Waals surface area contributed by atoms with Crippen molar-refractivity contribution in [1.82, 2.24) is 16.8 Å². The Morgan fingerprint density at radius 2 is 1.08 bits per heavy atom. The molecule has 3 atom stereocenters. The summed E-state index contributed by atoms with van der Waals surface area (Å²) in [7, 11) is 0. The van der Waals surface area contributed by atoms with Gasteiger partial charge in [0.15, 0.2) is 11.9 Å². The van der Waals surface area contributed by atoms with Gasteiger partial charge < -0.3 is 70.6 Å². The first kappa shape index (κ1) is 88.1. The Morgan fingerprint density at radius 1 is 0.674 bits per heavy atom. The molecule has 9 N–H and O–H groups in total. The summed E-state index contributed by atoms with van der Waals surface area (Å²) in [4.78, 5) is 115. The van der Waals surface area contributed by atoms with Gasteiger partial charge in [-0.3, -0.25) is 47.9 Å². The van der Waals surface area contributed by atoms with E-state index in [0.717, 1.165) is 19.3 Å². The molecule has 0 radical (unpaired) electrons. The summed E-state index contributed by atoms with van der Waals surface area (Å²) in [6.07, 6.45) is 12.1. The Kier molecular flexibility index (Phi) is 49.1. The summed E-state index contributed by atoms with van der Waals surface area (Å²) in [6, 6.07) is 18.6. The molecule has 0 bridgehead atoms. The first-order valence-corrected chi connectivity index (χ1v) is 27.9. The molecule has 3 unspecified atom stereocenters. The lowest BCUT2D eigenvalue weighted by atomic mass is 9.97. The predicted molar refractivity (Wildman–Crippen MR) is 342 cm³/mol. The minimum Gasteiger partial charge on any atom is -0.461 e. The van der Waals surface area contributed by atoms with Crippen molar-refractivity contribution in [3.8, 4) is 17.2 Å². The van der Waals surface area contributed by atoms with Crippen LogP contribution in [0.25, 0.3) is 0 Å². The number of para-hydroxylation sites is 3. The van der Waals surface area contributed by atoms with Gasteiger partial charge in [0.25, 0.3) is 11.8 Å². The second-order valence-electron chi connectivity index (χ2n) is 19.5. The van der Waals surface area contributed by atoms with Crippen LogP contribution in [-0.4, -0.2) is 133 Å². The number of ether oxygens (including phenoxy) is 8. The topological polar surface area (TPSA) is 370 Å². The van der Waals surface area contributed by atoms with E-state index in [9.17, 15) is 47.9 Å². The molecule has 1 fully saturated rings. The van der Waals surface area contributed by atoms with E-state index in [0.29, 0.717) is 19.6 Å². The lowest BCUT2D eigenvalue weighted by Crippen LogP contribution is -2.38. The summed E-state index contributed by atoms with van der Waals surface area (Å²) >= 11 is 5.02. The van der Waals surface area contributed by atoms with Crippen LogP contribution in [0.5, 0.6) is 17.2 Å². The van der Waals surface area contributed by atoms with Gasteiger partial charge in [-0.15, -0.1) is 24.0 Å². The number of nitrogens with one attached hydrogen (secondary N) is 2. The number of hydrogen-bond acceptors (Lipinski definition) is 22. The van der Waals surface area contributed by atoms with Gasteiger partial charge in [0, 0.05) is 40.3 Å². The summed E-state index contributed by atoms with van der Waals surface area (Å²) < 4.78 is 40.7. The molecule has 0 aromatic heterocycles. The van der Waals surface area contributed by atoms with Gasteiger partial charge in [-0.1, -0.05) is 93.6 Å². The Hall–Kier alpha value is -7.31. The highest BCUT2D eigenvalue weighted by Crippen LogP contribution is 2.24. The zero-order valence-electron chi connectivity index (χ0n) is 52.3. The largest absolute Gasteiger partial charge is 0.461 e. The maximum atomic E-state index is 12.6. The molecule has 0 spiro atoms. The van der Waals surface area contributed by atoms with Crippen LogP contribution in [0, 0.1) is 5.41 Å². The van der Waals surface area contributed by atoms with Gasteiger partial charge >= 0.3 is 41.8 Å². The minimum atomic E-state index is -1.02. The summed E-state index contributed by atoms with van der Waals surface area (Å²) in [5.74, 6) is -5.16. The molecule has 89 heavy (non-hydrogen) atoms. The van der Waals surface area contributed by atoms with E-state index in [1.165, 1.54) is 57.2 Å². The number of halogens is 3. The van der Waals surface area contributed by atoms with Crippen LogP contribution in [0.15, 0.2) is 109 Å². The molecule has 3 aromatic rings. The van der Waals surface area contributed by atoms with E-state index < -0.39 is 83.6 Å². The zero-order chi connectivity index (χ0) is 65.3. The quantitative estimate of drug-likeness (QED) is 0.00928. The number of carbonyl (C=O) groups excluding carboxylic acids is 10. The molecular formula is C62H89ClFIN4O20. The van der Waals surface area contributed by atoms with Crippen LogP contribution in [0.1, 0.15) is 146 Å². The molecule has 2 amide bonds. The average molecular weight is 1390 g/mol. The molecule has 4 rings (SSSR count). The number of amides is 2. The molecule has 27 heteroatoms. The van der Waals surface area contributed by atoms with Gasteiger partial charge in [0.2, 0.25) is 5.24 Å². The molecular weight excluding hydrogens is 1300 g/mol. The van der Waals surface area contributed by atoms with Gasteiger partial charge in [-0.05, 0) is 102 Å². The monoisotopic (exact) mass is 1390 g/mol. The Morgan fingerprint density at radius 3 is 1.45 bits per heavy atom. The summed E-state index contributed by atoms with van der Waals surface area (Å²) in [5, 5.41) is 22.5. The van der Waals surface area contributed by atoms with E-state index >= 15 is 0 Å². The molecule has 1 heterocycles. The van der Waals surface area contributed by atoms with Crippen LogP contribution < -0.4 is 36.7 Å². The number of esters is 7. The summed E-state index contributed by atoms with van der Waals surface area (Å²) in [6.45, 7) is 18.7. The number of aliphatic hydroxyl groups is 2. The third-order valence-corrected chi connectivity index (χ3v) is 10.4. The Balaban J connectivity index is -0.000000546. The van der Waals surface area contributed by atoms with Gasteiger partial charge in [0.05, 0.1) is 61.3 Å².